The number of likely N-dealkylation sites (tertiary alicyclic amines) is 1. The number of hydrogen-bond donors (Lipinski definition) is 0. The van der Waals surface area contributed by atoms with Crippen molar-refractivity contribution >= 4 is 6.29 Å². The van der Waals surface area contributed by atoms with Crippen LogP contribution in [0.2, 0.25) is 0 Å². The molecule has 17 heavy (non-hydrogen) atoms. The van der Waals surface area contributed by atoms with Crippen LogP contribution in [-0.2, 0) is 4.79 Å². The largest absolute Gasteiger partial charge is 0.393 e. The highest BCUT2D eigenvalue weighted by atomic mass is 19.4. The predicted molar refractivity (Wildman–Crippen MR) is 59.7 cm³/mol. The second-order valence-corrected chi connectivity index (χ2v) is 5.24. The maximum atomic E-state index is 12.6. The number of piperidine rings is 1. The van der Waals surface area contributed by atoms with Gasteiger partial charge in [0.15, 0.2) is 0 Å². The standard InChI is InChI=1S/C12H20F3NO/c1-3-11(2,9-17)8-16-6-4-5-10(7-16)12(13,14)15/h9-10H,3-8H2,1-2H3. The van der Waals surface area contributed by atoms with Gasteiger partial charge in [-0.25, -0.2) is 0 Å². The summed E-state index contributed by atoms with van der Waals surface area (Å²) in [6, 6.07) is 0. The molecule has 0 N–H and O–H groups in total. The molecule has 0 aromatic carbocycles. The number of alkyl halides is 3. The lowest BCUT2D eigenvalue weighted by molar-refractivity contribution is -0.187. The molecule has 0 amide bonds. The number of halogens is 3. The smallest absolute Gasteiger partial charge is 0.303 e. The molecule has 1 aliphatic heterocycles. The van der Waals surface area contributed by atoms with Crippen LogP contribution in [0.15, 0.2) is 0 Å². The Kier molecular flexibility index (Phi) is 4.58. The predicted octanol–water partition coefficient (Wildman–Crippen LogP) is 2.88. The third-order valence-electron chi connectivity index (χ3n) is 3.65. The van der Waals surface area contributed by atoms with Crippen LogP contribution in [-0.4, -0.2) is 37.0 Å². The first kappa shape index (κ1) is 14.5. The lowest BCUT2D eigenvalue weighted by atomic mass is 9.87. The van der Waals surface area contributed by atoms with Crippen LogP contribution in [0.25, 0.3) is 0 Å². The van der Waals surface area contributed by atoms with E-state index in [9.17, 15) is 18.0 Å². The molecule has 1 rings (SSSR count). The van der Waals surface area contributed by atoms with E-state index in [4.69, 9.17) is 0 Å². The summed E-state index contributed by atoms with van der Waals surface area (Å²) >= 11 is 0. The second-order valence-electron chi connectivity index (χ2n) is 5.24. The number of rotatable bonds is 4. The number of aldehydes is 1. The van der Waals surface area contributed by atoms with Gasteiger partial charge in [0.1, 0.15) is 6.29 Å². The zero-order chi connectivity index (χ0) is 13.1. The van der Waals surface area contributed by atoms with E-state index in [2.05, 4.69) is 0 Å². The molecule has 0 radical (unpaired) electrons. The van der Waals surface area contributed by atoms with Gasteiger partial charge in [-0.2, -0.15) is 13.2 Å². The molecule has 0 saturated carbocycles. The number of nitrogens with zero attached hydrogens (tertiary/aromatic N) is 1. The van der Waals surface area contributed by atoms with E-state index in [1.54, 1.807) is 11.8 Å². The van der Waals surface area contributed by atoms with Crippen LogP contribution in [0, 0.1) is 11.3 Å². The van der Waals surface area contributed by atoms with E-state index in [-0.39, 0.29) is 13.0 Å². The van der Waals surface area contributed by atoms with Gasteiger partial charge in [-0.05, 0) is 25.8 Å². The molecular formula is C12H20F3NO. The monoisotopic (exact) mass is 251 g/mol. The quantitative estimate of drug-likeness (QED) is 0.716. The molecule has 0 aromatic rings. The second kappa shape index (κ2) is 5.38. The van der Waals surface area contributed by atoms with Crippen LogP contribution < -0.4 is 0 Å². The molecule has 100 valence electrons. The van der Waals surface area contributed by atoms with Gasteiger partial charge in [0.05, 0.1) is 5.92 Å². The molecule has 2 unspecified atom stereocenters. The minimum Gasteiger partial charge on any atom is -0.303 e. The minimum atomic E-state index is -4.11. The SMILES string of the molecule is CCC(C)(C=O)CN1CCCC(C(F)(F)F)C1. The molecule has 2 nitrogen and oxygen atoms in total. The van der Waals surface area contributed by atoms with Gasteiger partial charge in [0.2, 0.25) is 0 Å². The van der Waals surface area contributed by atoms with Gasteiger partial charge in [-0.1, -0.05) is 13.8 Å². The average molecular weight is 251 g/mol. The molecule has 1 fully saturated rings. The fourth-order valence-electron chi connectivity index (χ4n) is 2.21. The van der Waals surface area contributed by atoms with Crippen LogP contribution in [0.4, 0.5) is 13.2 Å². The Balaban J connectivity index is 2.59. The van der Waals surface area contributed by atoms with Crippen molar-refractivity contribution in [2.75, 3.05) is 19.6 Å². The van der Waals surface area contributed by atoms with Crippen molar-refractivity contribution in [2.24, 2.45) is 11.3 Å². The third-order valence-corrected chi connectivity index (χ3v) is 3.65. The first-order valence-corrected chi connectivity index (χ1v) is 6.06. The summed E-state index contributed by atoms with van der Waals surface area (Å²) in [5, 5.41) is 0. The highest BCUT2D eigenvalue weighted by Gasteiger charge is 2.42. The normalized spacial score (nSPS) is 26.5. The first-order chi connectivity index (χ1) is 7.80. The van der Waals surface area contributed by atoms with Crippen molar-refractivity contribution in [3.8, 4) is 0 Å². The third kappa shape index (κ3) is 3.98. The Bertz CT molecular complexity index is 267. The summed E-state index contributed by atoms with van der Waals surface area (Å²) in [5.74, 6) is -1.23. The Morgan fingerprint density at radius 2 is 2.06 bits per heavy atom. The van der Waals surface area contributed by atoms with Gasteiger partial charge in [-0.15, -0.1) is 0 Å². The summed E-state index contributed by atoms with van der Waals surface area (Å²) in [7, 11) is 0. The zero-order valence-corrected chi connectivity index (χ0v) is 10.4. The Morgan fingerprint density at radius 3 is 2.53 bits per heavy atom. The summed E-state index contributed by atoms with van der Waals surface area (Å²) in [4.78, 5) is 12.7. The lowest BCUT2D eigenvalue weighted by Gasteiger charge is -2.37. The number of carbonyl (C=O) groups is 1. The first-order valence-electron chi connectivity index (χ1n) is 6.06. The fraction of sp³-hybridized carbons (Fsp3) is 0.917. The fourth-order valence-corrected chi connectivity index (χ4v) is 2.21. The summed E-state index contributed by atoms with van der Waals surface area (Å²) in [5.41, 5.74) is -0.520. The molecule has 0 aliphatic carbocycles. The molecule has 0 spiro atoms. The maximum absolute atomic E-state index is 12.6. The van der Waals surface area contributed by atoms with Crippen molar-refractivity contribution in [3.63, 3.8) is 0 Å². The van der Waals surface area contributed by atoms with E-state index in [1.807, 2.05) is 6.92 Å². The topological polar surface area (TPSA) is 20.3 Å². The van der Waals surface area contributed by atoms with Crippen LogP contribution >= 0.6 is 0 Å². The Morgan fingerprint density at radius 1 is 1.41 bits per heavy atom. The molecule has 0 aromatic heterocycles. The molecule has 0 bridgehead atoms. The van der Waals surface area contributed by atoms with Gasteiger partial charge in [0.25, 0.3) is 0 Å². The lowest BCUT2D eigenvalue weighted by Crippen LogP contribution is -2.46. The molecule has 1 heterocycles. The molecule has 5 heteroatoms. The van der Waals surface area contributed by atoms with Gasteiger partial charge < -0.3 is 9.69 Å². The maximum Gasteiger partial charge on any atom is 0.393 e. The van der Waals surface area contributed by atoms with Gasteiger partial charge in [-0.3, -0.25) is 0 Å². The van der Waals surface area contributed by atoms with Crippen LogP contribution in [0.3, 0.4) is 0 Å². The molecule has 1 aliphatic rings. The molecular weight excluding hydrogens is 231 g/mol. The molecule has 1 saturated heterocycles. The van der Waals surface area contributed by atoms with Crippen LogP contribution in [0.5, 0.6) is 0 Å². The Hall–Kier alpha value is -0.580. The van der Waals surface area contributed by atoms with Crippen molar-refractivity contribution in [1.82, 2.24) is 4.90 Å². The zero-order valence-electron chi connectivity index (χ0n) is 10.4. The summed E-state index contributed by atoms with van der Waals surface area (Å²) < 4.78 is 37.8. The van der Waals surface area contributed by atoms with E-state index >= 15 is 0 Å². The summed E-state index contributed by atoms with van der Waals surface area (Å²) in [6.07, 6.45) is -1.82. The Labute approximate surface area is 100 Å². The minimum absolute atomic E-state index is 0.0347. The highest BCUT2D eigenvalue weighted by Crippen LogP contribution is 2.34. The van der Waals surface area contributed by atoms with E-state index in [1.165, 1.54) is 0 Å². The molecule has 2 atom stereocenters. The van der Waals surface area contributed by atoms with E-state index < -0.39 is 17.5 Å². The van der Waals surface area contributed by atoms with E-state index in [0.717, 1.165) is 6.29 Å². The van der Waals surface area contributed by atoms with Gasteiger partial charge >= 0.3 is 6.18 Å². The van der Waals surface area contributed by atoms with Crippen molar-refractivity contribution < 1.29 is 18.0 Å². The van der Waals surface area contributed by atoms with Crippen molar-refractivity contribution in [3.05, 3.63) is 0 Å². The van der Waals surface area contributed by atoms with Crippen molar-refractivity contribution in [1.29, 1.82) is 0 Å². The number of carbonyl (C=O) groups excluding carboxylic acids is 1. The average Bonchev–Trinajstić information content (AvgIpc) is 2.28. The van der Waals surface area contributed by atoms with Gasteiger partial charge in [0, 0.05) is 18.5 Å². The van der Waals surface area contributed by atoms with Crippen molar-refractivity contribution in [2.45, 2.75) is 39.3 Å². The van der Waals surface area contributed by atoms with Crippen LogP contribution in [0.1, 0.15) is 33.1 Å². The highest BCUT2D eigenvalue weighted by molar-refractivity contribution is 5.58. The number of hydrogen-bond acceptors (Lipinski definition) is 2. The van der Waals surface area contributed by atoms with E-state index in [0.29, 0.717) is 25.9 Å². The summed E-state index contributed by atoms with van der Waals surface area (Å²) in [6.45, 7) is 4.82.